The van der Waals surface area contributed by atoms with E-state index in [1.165, 1.54) is 44.8 Å². The van der Waals surface area contributed by atoms with Gasteiger partial charge in [0.1, 0.15) is 17.9 Å². The summed E-state index contributed by atoms with van der Waals surface area (Å²) in [6, 6.07) is 7.20. The van der Waals surface area contributed by atoms with Crippen molar-refractivity contribution in [2.75, 3.05) is 26.7 Å². The molecule has 22 heavy (non-hydrogen) atoms. The molecule has 0 aliphatic carbocycles. The van der Waals surface area contributed by atoms with Crippen LogP contribution in [-0.4, -0.2) is 48.3 Å². The first-order valence-corrected chi connectivity index (χ1v) is 8.39. The molecular weight excluding hydrogens is 278 g/mol. The van der Waals surface area contributed by atoms with Crippen molar-refractivity contribution in [3.05, 3.63) is 29.8 Å². The highest BCUT2D eigenvalue weighted by atomic mass is 16.5. The van der Waals surface area contributed by atoms with E-state index >= 15 is 0 Å². The number of carbonyl (C=O) groups is 1. The zero-order valence-electron chi connectivity index (χ0n) is 13.3. The molecule has 3 rings (SSSR count). The highest BCUT2D eigenvalue weighted by Gasteiger charge is 2.43. The first-order chi connectivity index (χ1) is 10.6. The van der Waals surface area contributed by atoms with Crippen molar-refractivity contribution >= 4 is 5.97 Å². The van der Waals surface area contributed by atoms with Crippen LogP contribution >= 0.6 is 0 Å². The van der Waals surface area contributed by atoms with E-state index in [0.29, 0.717) is 18.6 Å². The van der Waals surface area contributed by atoms with E-state index in [1.807, 2.05) is 0 Å². The van der Waals surface area contributed by atoms with E-state index in [1.54, 1.807) is 18.2 Å². The van der Waals surface area contributed by atoms with Gasteiger partial charge in [0.05, 0.1) is 26.2 Å². The Morgan fingerprint density at radius 1 is 1.23 bits per heavy atom. The van der Waals surface area contributed by atoms with Crippen LogP contribution in [0.5, 0.6) is 5.75 Å². The lowest BCUT2D eigenvalue weighted by atomic mass is 9.82. The first-order valence-electron chi connectivity index (χ1n) is 8.39. The molecule has 0 aromatic heterocycles. The fourth-order valence-electron chi connectivity index (χ4n) is 4.33. The third-order valence-corrected chi connectivity index (χ3v) is 5.56. The van der Waals surface area contributed by atoms with Gasteiger partial charge in [-0.3, -0.25) is 0 Å². The standard InChI is InChI=1S/C18H25NO3/c1-19-11-5-4-9-16(19)14(7-6-12-19)13-22-18(21)15-8-2-3-10-17(15)20/h2-3,8,10,14,16H,4-7,9,11-13H2,1H3/p+1/t14-,16-,19+/m0/s1. The molecule has 0 unspecified atom stereocenters. The van der Waals surface area contributed by atoms with Crippen molar-refractivity contribution < 1.29 is 19.1 Å². The van der Waals surface area contributed by atoms with Crippen LogP contribution in [0.1, 0.15) is 42.5 Å². The maximum atomic E-state index is 12.2. The fraction of sp³-hybridized carbons (Fsp3) is 0.611. The monoisotopic (exact) mass is 304 g/mol. The molecular formula is C18H26NO3+. The minimum Gasteiger partial charge on any atom is -0.507 e. The molecule has 1 aromatic rings. The lowest BCUT2D eigenvalue weighted by Crippen LogP contribution is -2.61. The van der Waals surface area contributed by atoms with E-state index < -0.39 is 5.97 Å². The summed E-state index contributed by atoms with van der Waals surface area (Å²) in [5.74, 6) is 0.0389. The molecule has 0 amide bonds. The predicted molar refractivity (Wildman–Crippen MR) is 84.7 cm³/mol. The Bertz CT molecular complexity index is 541. The highest BCUT2D eigenvalue weighted by molar-refractivity contribution is 5.92. The molecule has 0 radical (unpaired) electrons. The Balaban J connectivity index is 1.63. The van der Waals surface area contributed by atoms with Crippen LogP contribution in [0.2, 0.25) is 0 Å². The Morgan fingerprint density at radius 2 is 2.00 bits per heavy atom. The summed E-state index contributed by atoms with van der Waals surface area (Å²) in [4.78, 5) is 12.2. The van der Waals surface area contributed by atoms with Gasteiger partial charge in [0.2, 0.25) is 0 Å². The lowest BCUT2D eigenvalue weighted by molar-refractivity contribution is -0.947. The van der Waals surface area contributed by atoms with Crippen LogP contribution in [0.25, 0.3) is 0 Å². The largest absolute Gasteiger partial charge is 0.507 e. The van der Waals surface area contributed by atoms with Crippen LogP contribution in [0.4, 0.5) is 0 Å². The van der Waals surface area contributed by atoms with Gasteiger partial charge in [-0.05, 0) is 37.8 Å². The molecule has 0 spiro atoms. The molecule has 2 saturated heterocycles. The van der Waals surface area contributed by atoms with Crippen molar-refractivity contribution in [1.29, 1.82) is 0 Å². The third kappa shape index (κ3) is 2.98. The summed E-state index contributed by atoms with van der Waals surface area (Å²) in [5, 5.41) is 9.74. The number of nitrogens with zero attached hydrogens (tertiary/aromatic N) is 1. The van der Waals surface area contributed by atoms with Gasteiger partial charge < -0.3 is 14.3 Å². The molecule has 1 aromatic carbocycles. The number of ether oxygens (including phenoxy) is 1. The number of esters is 1. The number of phenolic OH excluding ortho intramolecular Hbond substituents is 1. The van der Waals surface area contributed by atoms with E-state index in [4.69, 9.17) is 4.74 Å². The maximum absolute atomic E-state index is 12.2. The van der Waals surface area contributed by atoms with Crippen molar-refractivity contribution in [3.63, 3.8) is 0 Å². The Hall–Kier alpha value is -1.55. The molecule has 1 N–H and O–H groups in total. The van der Waals surface area contributed by atoms with Gasteiger partial charge in [-0.15, -0.1) is 0 Å². The van der Waals surface area contributed by atoms with Crippen LogP contribution in [0, 0.1) is 5.92 Å². The van der Waals surface area contributed by atoms with E-state index in [9.17, 15) is 9.90 Å². The van der Waals surface area contributed by atoms with Crippen LogP contribution < -0.4 is 0 Å². The molecule has 4 nitrogen and oxygen atoms in total. The number of para-hydroxylation sites is 1. The molecule has 120 valence electrons. The Labute approximate surface area is 132 Å². The van der Waals surface area contributed by atoms with Crippen LogP contribution in [0.15, 0.2) is 24.3 Å². The molecule has 0 saturated carbocycles. The number of phenols is 1. The minimum atomic E-state index is -0.409. The Morgan fingerprint density at radius 3 is 2.82 bits per heavy atom. The molecule has 4 heteroatoms. The number of hydrogen-bond acceptors (Lipinski definition) is 3. The van der Waals surface area contributed by atoms with Gasteiger partial charge in [0.15, 0.2) is 0 Å². The number of quaternary nitrogens is 1. The number of benzene rings is 1. The van der Waals surface area contributed by atoms with Gasteiger partial charge >= 0.3 is 5.97 Å². The number of hydrogen-bond donors (Lipinski definition) is 1. The summed E-state index contributed by atoms with van der Waals surface area (Å²) in [6.45, 7) is 2.99. The second-order valence-electron chi connectivity index (χ2n) is 7.01. The summed E-state index contributed by atoms with van der Waals surface area (Å²) in [7, 11) is 2.36. The summed E-state index contributed by atoms with van der Waals surface area (Å²) in [5.41, 5.74) is 0.263. The van der Waals surface area contributed by atoms with E-state index in [2.05, 4.69) is 7.05 Å². The molecule has 2 aliphatic rings. The smallest absolute Gasteiger partial charge is 0.341 e. The molecule has 2 fully saturated rings. The molecule has 3 atom stereocenters. The number of aromatic hydroxyl groups is 1. The topological polar surface area (TPSA) is 46.5 Å². The first kappa shape index (κ1) is 15.3. The molecule has 0 bridgehead atoms. The van der Waals surface area contributed by atoms with Crippen molar-refractivity contribution in [1.82, 2.24) is 0 Å². The van der Waals surface area contributed by atoms with E-state index in [-0.39, 0.29) is 11.3 Å². The third-order valence-electron chi connectivity index (χ3n) is 5.56. The summed E-state index contributed by atoms with van der Waals surface area (Å²) < 4.78 is 6.69. The van der Waals surface area contributed by atoms with Crippen molar-refractivity contribution in [2.24, 2.45) is 5.92 Å². The number of piperidine rings is 2. The zero-order chi connectivity index (χ0) is 15.6. The zero-order valence-corrected chi connectivity index (χ0v) is 13.3. The fourth-order valence-corrected chi connectivity index (χ4v) is 4.33. The average molecular weight is 304 g/mol. The van der Waals surface area contributed by atoms with E-state index in [0.717, 1.165) is 10.9 Å². The minimum absolute atomic E-state index is 0.00516. The normalized spacial score (nSPS) is 31.3. The number of carbonyl (C=O) groups excluding carboxylic acids is 1. The molecule has 2 heterocycles. The van der Waals surface area contributed by atoms with Gasteiger partial charge in [-0.1, -0.05) is 12.1 Å². The van der Waals surface area contributed by atoms with Gasteiger partial charge in [-0.25, -0.2) is 4.79 Å². The maximum Gasteiger partial charge on any atom is 0.341 e. The Kier molecular flexibility index (Phi) is 4.39. The number of rotatable bonds is 3. The number of fused-ring (bicyclic) bond motifs is 1. The quantitative estimate of drug-likeness (QED) is 0.690. The van der Waals surface area contributed by atoms with Gasteiger partial charge in [0.25, 0.3) is 0 Å². The average Bonchev–Trinajstić information content (AvgIpc) is 2.52. The lowest BCUT2D eigenvalue weighted by Gasteiger charge is -2.51. The van der Waals surface area contributed by atoms with Gasteiger partial charge in [-0.2, -0.15) is 0 Å². The van der Waals surface area contributed by atoms with Crippen molar-refractivity contribution in [2.45, 2.75) is 38.1 Å². The second-order valence-corrected chi connectivity index (χ2v) is 7.01. The highest BCUT2D eigenvalue weighted by Crippen LogP contribution is 2.36. The van der Waals surface area contributed by atoms with Crippen molar-refractivity contribution in [3.8, 4) is 5.75 Å². The summed E-state index contributed by atoms with van der Waals surface area (Å²) >= 11 is 0. The van der Waals surface area contributed by atoms with Gasteiger partial charge in [0, 0.05) is 12.3 Å². The van der Waals surface area contributed by atoms with Crippen LogP contribution in [-0.2, 0) is 4.74 Å². The summed E-state index contributed by atoms with van der Waals surface area (Å²) in [6.07, 6.45) is 6.22. The SMILES string of the molecule is C[N@+]12CCCC[C@H]1[C@H](COC(=O)c1ccccc1O)CCC2. The predicted octanol–water partition coefficient (Wildman–Crippen LogP) is 2.96. The second kappa shape index (κ2) is 6.29. The van der Waals surface area contributed by atoms with Crippen LogP contribution in [0.3, 0.4) is 0 Å². The molecule has 2 aliphatic heterocycles.